The normalized spacial score (nSPS) is 14.1. The fourth-order valence-electron chi connectivity index (χ4n) is 4.05. The van der Waals surface area contributed by atoms with Gasteiger partial charge < -0.3 is 24.8 Å². The maximum absolute atomic E-state index is 14.6. The number of rotatable bonds is 10. The third kappa shape index (κ3) is 6.84. The molecule has 3 rings (SSSR count). The molecule has 178 valence electrons. The van der Waals surface area contributed by atoms with E-state index in [0.717, 1.165) is 24.1 Å². The Bertz CT molecular complexity index is 973. The van der Waals surface area contributed by atoms with Crippen LogP contribution in [-0.2, 0) is 27.2 Å². The number of ether oxygens (including phenoxy) is 2. The van der Waals surface area contributed by atoms with Crippen molar-refractivity contribution in [2.24, 2.45) is 0 Å². The Kier molecular flexibility index (Phi) is 8.52. The van der Waals surface area contributed by atoms with Gasteiger partial charge in [-0.3, -0.25) is 9.59 Å². The average Bonchev–Trinajstić information content (AvgIpc) is 2.76. The molecule has 2 aromatic carbocycles. The number of anilines is 2. The Hall–Kier alpha value is -3.29. The van der Waals surface area contributed by atoms with Gasteiger partial charge >= 0.3 is 11.9 Å². The predicted octanol–water partition coefficient (Wildman–Crippen LogP) is 4.04. The van der Waals surface area contributed by atoms with Gasteiger partial charge in [0.25, 0.3) is 0 Å². The number of carbonyl (C=O) groups is 2. The molecule has 1 saturated heterocycles. The minimum absolute atomic E-state index is 0.0934. The van der Waals surface area contributed by atoms with E-state index in [1.807, 2.05) is 11.8 Å². The van der Waals surface area contributed by atoms with Crippen molar-refractivity contribution < 1.29 is 28.6 Å². The van der Waals surface area contributed by atoms with Crippen LogP contribution in [0.2, 0.25) is 0 Å². The van der Waals surface area contributed by atoms with E-state index in [1.54, 1.807) is 37.3 Å². The number of nitrogens with one attached hydrogen (secondary N) is 1. The van der Waals surface area contributed by atoms with Crippen LogP contribution in [0.5, 0.6) is 5.75 Å². The standard InChI is InChI=1S/C25H31FN2O5/c1-3-32-20-7-8-23(21(26)16-20)28-11-9-19(10-12-28)27-22-13-17(14-24(29)30)5-6-18(22)15-25(31)33-4-2/h5-8,13,16,19,27H,3-4,9-12,14-15H2,1-2H3,(H,29,30). The van der Waals surface area contributed by atoms with Gasteiger partial charge in [0.2, 0.25) is 0 Å². The third-order valence-corrected chi connectivity index (χ3v) is 5.60. The second-order valence-electron chi connectivity index (χ2n) is 8.00. The van der Waals surface area contributed by atoms with Crippen LogP contribution in [0.3, 0.4) is 0 Å². The largest absolute Gasteiger partial charge is 0.494 e. The van der Waals surface area contributed by atoms with Gasteiger partial charge in [0, 0.05) is 30.9 Å². The van der Waals surface area contributed by atoms with Crippen molar-refractivity contribution in [3.05, 3.63) is 53.3 Å². The Labute approximate surface area is 193 Å². The molecule has 2 aromatic rings. The van der Waals surface area contributed by atoms with Crippen molar-refractivity contribution in [3.63, 3.8) is 0 Å². The Morgan fingerprint density at radius 2 is 1.85 bits per heavy atom. The van der Waals surface area contributed by atoms with Crippen molar-refractivity contribution in [2.45, 2.75) is 45.6 Å². The van der Waals surface area contributed by atoms with Crippen LogP contribution in [0.25, 0.3) is 0 Å². The van der Waals surface area contributed by atoms with Gasteiger partial charge in [-0.25, -0.2) is 4.39 Å². The van der Waals surface area contributed by atoms with E-state index in [0.29, 0.717) is 43.3 Å². The first-order valence-electron chi connectivity index (χ1n) is 11.3. The molecular formula is C25H31FN2O5. The van der Waals surface area contributed by atoms with Gasteiger partial charge in [-0.05, 0) is 56.0 Å². The SMILES string of the molecule is CCOC(=O)Cc1ccc(CC(=O)O)cc1NC1CCN(c2ccc(OCC)cc2F)CC1. The molecule has 2 N–H and O–H groups in total. The van der Waals surface area contributed by atoms with Crippen molar-refractivity contribution in [1.29, 1.82) is 0 Å². The highest BCUT2D eigenvalue weighted by Crippen LogP contribution is 2.29. The van der Waals surface area contributed by atoms with Crippen molar-refractivity contribution in [1.82, 2.24) is 0 Å². The van der Waals surface area contributed by atoms with Crippen LogP contribution >= 0.6 is 0 Å². The number of hydrogen-bond donors (Lipinski definition) is 2. The lowest BCUT2D eigenvalue weighted by Gasteiger charge is -2.35. The monoisotopic (exact) mass is 458 g/mol. The Morgan fingerprint density at radius 3 is 2.48 bits per heavy atom. The van der Waals surface area contributed by atoms with Crippen molar-refractivity contribution in [2.75, 3.05) is 36.5 Å². The molecular weight excluding hydrogens is 427 g/mol. The third-order valence-electron chi connectivity index (χ3n) is 5.60. The second-order valence-corrected chi connectivity index (χ2v) is 8.00. The van der Waals surface area contributed by atoms with E-state index in [4.69, 9.17) is 14.6 Å². The molecule has 0 saturated carbocycles. The van der Waals surface area contributed by atoms with E-state index in [-0.39, 0.29) is 30.7 Å². The van der Waals surface area contributed by atoms with Gasteiger partial charge in [0.15, 0.2) is 0 Å². The van der Waals surface area contributed by atoms with Crippen LogP contribution in [-0.4, -0.2) is 49.4 Å². The molecule has 0 spiro atoms. The van der Waals surface area contributed by atoms with Gasteiger partial charge in [0.1, 0.15) is 11.6 Å². The van der Waals surface area contributed by atoms with Gasteiger partial charge in [-0.2, -0.15) is 0 Å². The number of nitrogens with zero attached hydrogens (tertiary/aromatic N) is 1. The first-order chi connectivity index (χ1) is 15.9. The molecule has 0 radical (unpaired) electrons. The summed E-state index contributed by atoms with van der Waals surface area (Å²) in [6, 6.07) is 10.4. The van der Waals surface area contributed by atoms with E-state index in [2.05, 4.69) is 5.32 Å². The first-order valence-corrected chi connectivity index (χ1v) is 11.3. The maximum Gasteiger partial charge on any atom is 0.310 e. The Morgan fingerprint density at radius 1 is 1.09 bits per heavy atom. The zero-order valence-electron chi connectivity index (χ0n) is 19.1. The van der Waals surface area contributed by atoms with Crippen LogP contribution in [0, 0.1) is 5.82 Å². The van der Waals surface area contributed by atoms with Crippen LogP contribution < -0.4 is 15.0 Å². The molecule has 1 aliphatic rings. The topological polar surface area (TPSA) is 88.1 Å². The van der Waals surface area contributed by atoms with E-state index < -0.39 is 5.97 Å². The second kappa shape index (κ2) is 11.5. The number of carbonyl (C=O) groups excluding carboxylic acids is 1. The molecule has 0 amide bonds. The van der Waals surface area contributed by atoms with E-state index in [9.17, 15) is 14.0 Å². The number of benzene rings is 2. The van der Waals surface area contributed by atoms with Gasteiger partial charge in [-0.15, -0.1) is 0 Å². The summed E-state index contributed by atoms with van der Waals surface area (Å²) in [5, 5.41) is 12.6. The summed E-state index contributed by atoms with van der Waals surface area (Å²) in [5.74, 6) is -1.02. The molecule has 8 heteroatoms. The highest BCUT2D eigenvalue weighted by molar-refractivity contribution is 5.76. The van der Waals surface area contributed by atoms with E-state index >= 15 is 0 Å². The number of piperidine rings is 1. The summed E-state index contributed by atoms with van der Waals surface area (Å²) in [6.45, 7) is 5.75. The summed E-state index contributed by atoms with van der Waals surface area (Å²) < 4.78 is 25.0. The highest BCUT2D eigenvalue weighted by Gasteiger charge is 2.23. The lowest BCUT2D eigenvalue weighted by atomic mass is 10.00. The van der Waals surface area contributed by atoms with Crippen molar-refractivity contribution >= 4 is 23.3 Å². The molecule has 0 bridgehead atoms. The zero-order valence-corrected chi connectivity index (χ0v) is 19.1. The molecule has 0 unspecified atom stereocenters. The summed E-state index contributed by atoms with van der Waals surface area (Å²) in [7, 11) is 0. The van der Waals surface area contributed by atoms with Gasteiger partial charge in [-0.1, -0.05) is 12.1 Å². The quantitative estimate of drug-likeness (QED) is 0.520. The number of halogens is 1. The Balaban J connectivity index is 1.68. The minimum Gasteiger partial charge on any atom is -0.494 e. The lowest BCUT2D eigenvalue weighted by Crippen LogP contribution is -2.39. The van der Waals surface area contributed by atoms with Crippen molar-refractivity contribution in [3.8, 4) is 5.75 Å². The molecule has 1 fully saturated rings. The fourth-order valence-corrected chi connectivity index (χ4v) is 4.05. The minimum atomic E-state index is -0.912. The summed E-state index contributed by atoms with van der Waals surface area (Å²) in [6.07, 6.45) is 1.56. The summed E-state index contributed by atoms with van der Waals surface area (Å²) >= 11 is 0. The molecule has 1 aliphatic heterocycles. The number of esters is 1. The smallest absolute Gasteiger partial charge is 0.310 e. The van der Waals surface area contributed by atoms with E-state index in [1.165, 1.54) is 6.07 Å². The van der Waals surface area contributed by atoms with Crippen LogP contribution in [0.1, 0.15) is 37.8 Å². The molecule has 0 aromatic heterocycles. The van der Waals surface area contributed by atoms with Gasteiger partial charge in [0.05, 0.1) is 31.7 Å². The molecule has 0 aliphatic carbocycles. The predicted molar refractivity (Wildman–Crippen MR) is 125 cm³/mol. The highest BCUT2D eigenvalue weighted by atomic mass is 19.1. The summed E-state index contributed by atoms with van der Waals surface area (Å²) in [5.41, 5.74) is 2.73. The number of carboxylic acid groups (broad SMARTS) is 1. The lowest BCUT2D eigenvalue weighted by molar-refractivity contribution is -0.142. The van der Waals surface area contributed by atoms with Crippen LogP contribution in [0.15, 0.2) is 36.4 Å². The molecule has 7 nitrogen and oxygen atoms in total. The fraction of sp³-hybridized carbons (Fsp3) is 0.440. The molecule has 1 heterocycles. The number of hydrogen-bond acceptors (Lipinski definition) is 6. The van der Waals surface area contributed by atoms with Crippen LogP contribution in [0.4, 0.5) is 15.8 Å². The molecule has 0 atom stereocenters. The molecule has 33 heavy (non-hydrogen) atoms. The summed E-state index contributed by atoms with van der Waals surface area (Å²) in [4.78, 5) is 25.2. The zero-order chi connectivity index (χ0) is 23.8. The number of aliphatic carboxylic acids is 1. The number of carboxylic acids is 1. The first kappa shape index (κ1) is 24.4. The maximum atomic E-state index is 14.6. The average molecular weight is 459 g/mol.